The Hall–Kier alpha value is -2.69. The van der Waals surface area contributed by atoms with Gasteiger partial charge in [-0.1, -0.05) is 18.2 Å². The second-order valence-electron chi connectivity index (χ2n) is 7.58. The SMILES string of the molecule is Cc1cccnc1CN1C(=O)CCC[C@@H]1C(=O)Nc1ccc(C2CC2)cc1. The standard InChI is InChI=1S/C22H25N3O2/c1-15-4-3-13-23-19(15)14-25-20(5-2-6-21(25)26)22(27)24-18-11-9-17(10-12-18)16-7-8-16/h3-4,9-13,16,20H,2,5-8,14H2,1H3,(H,24,27)/t20-/m1/s1. The van der Waals surface area contributed by atoms with Gasteiger partial charge in [-0.25, -0.2) is 0 Å². The van der Waals surface area contributed by atoms with E-state index in [0.29, 0.717) is 25.3 Å². The fourth-order valence-corrected chi connectivity index (χ4v) is 3.72. The summed E-state index contributed by atoms with van der Waals surface area (Å²) in [6.45, 7) is 2.36. The summed E-state index contributed by atoms with van der Waals surface area (Å²) in [6.07, 6.45) is 6.17. The number of nitrogens with one attached hydrogen (secondary N) is 1. The van der Waals surface area contributed by atoms with Crippen LogP contribution in [0, 0.1) is 6.92 Å². The predicted molar refractivity (Wildman–Crippen MR) is 104 cm³/mol. The number of benzene rings is 1. The Kier molecular flexibility index (Phi) is 4.92. The summed E-state index contributed by atoms with van der Waals surface area (Å²) in [5.74, 6) is 0.606. The Morgan fingerprint density at radius 2 is 1.96 bits per heavy atom. The van der Waals surface area contributed by atoms with Crippen molar-refractivity contribution in [3.05, 3.63) is 59.4 Å². The number of pyridine rings is 1. The lowest BCUT2D eigenvalue weighted by Crippen LogP contribution is -2.49. The second kappa shape index (κ2) is 7.51. The van der Waals surface area contributed by atoms with Crippen molar-refractivity contribution < 1.29 is 9.59 Å². The van der Waals surface area contributed by atoms with Crippen LogP contribution in [-0.2, 0) is 16.1 Å². The zero-order valence-corrected chi connectivity index (χ0v) is 15.6. The molecule has 1 aliphatic carbocycles. The van der Waals surface area contributed by atoms with Gasteiger partial charge in [0.25, 0.3) is 0 Å². The third-order valence-electron chi connectivity index (χ3n) is 5.53. The molecule has 5 nitrogen and oxygen atoms in total. The summed E-state index contributed by atoms with van der Waals surface area (Å²) >= 11 is 0. The lowest BCUT2D eigenvalue weighted by atomic mass is 9.99. The highest BCUT2D eigenvalue weighted by Crippen LogP contribution is 2.40. The Bertz CT molecular complexity index is 843. The molecule has 1 aromatic heterocycles. The van der Waals surface area contributed by atoms with Gasteiger partial charge in [-0.2, -0.15) is 0 Å². The highest BCUT2D eigenvalue weighted by molar-refractivity contribution is 5.97. The number of carbonyl (C=O) groups excluding carboxylic acids is 2. The molecule has 5 heteroatoms. The minimum absolute atomic E-state index is 0.0236. The molecule has 1 N–H and O–H groups in total. The van der Waals surface area contributed by atoms with Crippen molar-refractivity contribution in [2.24, 2.45) is 0 Å². The van der Waals surface area contributed by atoms with Gasteiger partial charge in [0.1, 0.15) is 6.04 Å². The fourth-order valence-electron chi connectivity index (χ4n) is 3.72. The Morgan fingerprint density at radius 3 is 2.67 bits per heavy atom. The van der Waals surface area contributed by atoms with E-state index >= 15 is 0 Å². The molecule has 2 heterocycles. The third-order valence-corrected chi connectivity index (χ3v) is 5.53. The summed E-state index contributed by atoms with van der Waals surface area (Å²) in [7, 11) is 0. The second-order valence-corrected chi connectivity index (χ2v) is 7.58. The summed E-state index contributed by atoms with van der Waals surface area (Å²) in [4.78, 5) is 31.5. The predicted octanol–water partition coefficient (Wildman–Crippen LogP) is 3.79. The maximum Gasteiger partial charge on any atom is 0.247 e. The number of hydrogen-bond donors (Lipinski definition) is 1. The van der Waals surface area contributed by atoms with Crippen molar-refractivity contribution in [1.82, 2.24) is 9.88 Å². The van der Waals surface area contributed by atoms with Crippen LogP contribution in [0.1, 0.15) is 54.8 Å². The maximum atomic E-state index is 12.9. The van der Waals surface area contributed by atoms with Crippen molar-refractivity contribution in [3.8, 4) is 0 Å². The van der Waals surface area contributed by atoms with Gasteiger partial charge in [0.2, 0.25) is 11.8 Å². The van der Waals surface area contributed by atoms with Crippen LogP contribution < -0.4 is 5.32 Å². The smallest absolute Gasteiger partial charge is 0.247 e. The Labute approximate surface area is 159 Å². The van der Waals surface area contributed by atoms with E-state index in [-0.39, 0.29) is 11.8 Å². The van der Waals surface area contributed by atoms with Crippen molar-refractivity contribution in [1.29, 1.82) is 0 Å². The van der Waals surface area contributed by atoms with Crippen LogP contribution in [0.3, 0.4) is 0 Å². The van der Waals surface area contributed by atoms with Crippen LogP contribution in [0.15, 0.2) is 42.6 Å². The number of nitrogens with zero attached hydrogens (tertiary/aromatic N) is 2. The van der Waals surface area contributed by atoms with Gasteiger partial charge < -0.3 is 10.2 Å². The first-order valence-electron chi connectivity index (χ1n) is 9.72. The Morgan fingerprint density at radius 1 is 1.19 bits per heavy atom. The average molecular weight is 363 g/mol. The van der Waals surface area contributed by atoms with E-state index in [1.165, 1.54) is 18.4 Å². The number of piperidine rings is 1. The van der Waals surface area contributed by atoms with Crippen LogP contribution in [0.5, 0.6) is 0 Å². The minimum Gasteiger partial charge on any atom is -0.325 e. The molecular weight excluding hydrogens is 338 g/mol. The van der Waals surface area contributed by atoms with E-state index in [1.807, 2.05) is 31.2 Å². The number of carbonyl (C=O) groups is 2. The molecule has 0 bridgehead atoms. The molecule has 2 fully saturated rings. The van der Waals surface area contributed by atoms with E-state index in [1.54, 1.807) is 11.1 Å². The first kappa shape index (κ1) is 17.7. The lowest BCUT2D eigenvalue weighted by Gasteiger charge is -2.34. The Balaban J connectivity index is 1.47. The zero-order chi connectivity index (χ0) is 18.8. The van der Waals surface area contributed by atoms with Crippen LogP contribution in [-0.4, -0.2) is 27.7 Å². The number of hydrogen-bond acceptors (Lipinski definition) is 3. The van der Waals surface area contributed by atoms with Crippen LogP contribution in [0.4, 0.5) is 5.69 Å². The first-order valence-corrected chi connectivity index (χ1v) is 9.72. The quantitative estimate of drug-likeness (QED) is 0.879. The molecule has 2 aliphatic rings. The number of amides is 2. The van der Waals surface area contributed by atoms with E-state index in [2.05, 4.69) is 22.4 Å². The topological polar surface area (TPSA) is 62.3 Å². The molecule has 2 amide bonds. The molecule has 0 spiro atoms. The number of rotatable bonds is 5. The number of aryl methyl sites for hydroxylation is 1. The highest BCUT2D eigenvalue weighted by Gasteiger charge is 2.33. The van der Waals surface area contributed by atoms with Gasteiger partial charge in [-0.05, 0) is 67.9 Å². The fraction of sp³-hybridized carbons (Fsp3) is 0.409. The van der Waals surface area contributed by atoms with Crippen molar-refractivity contribution in [3.63, 3.8) is 0 Å². The molecule has 1 atom stereocenters. The number of anilines is 1. The summed E-state index contributed by atoms with van der Waals surface area (Å²) < 4.78 is 0. The largest absolute Gasteiger partial charge is 0.325 e. The zero-order valence-electron chi connectivity index (χ0n) is 15.6. The molecule has 140 valence electrons. The molecule has 1 aliphatic heterocycles. The van der Waals surface area contributed by atoms with Gasteiger partial charge in [0.15, 0.2) is 0 Å². The molecule has 2 aromatic rings. The van der Waals surface area contributed by atoms with E-state index in [9.17, 15) is 9.59 Å². The monoisotopic (exact) mass is 363 g/mol. The molecule has 1 saturated carbocycles. The first-order chi connectivity index (χ1) is 13.1. The molecule has 0 radical (unpaired) electrons. The van der Waals surface area contributed by atoms with Crippen molar-refractivity contribution in [2.75, 3.05) is 5.32 Å². The van der Waals surface area contributed by atoms with Gasteiger partial charge >= 0.3 is 0 Å². The summed E-state index contributed by atoms with van der Waals surface area (Å²) in [5, 5.41) is 3.00. The molecular formula is C22H25N3O2. The normalized spacial score (nSPS) is 19.8. The van der Waals surface area contributed by atoms with Gasteiger partial charge in [-0.3, -0.25) is 14.6 Å². The molecule has 1 saturated heterocycles. The molecule has 0 unspecified atom stereocenters. The summed E-state index contributed by atoms with van der Waals surface area (Å²) in [5.41, 5.74) is 4.01. The minimum atomic E-state index is -0.448. The molecule has 27 heavy (non-hydrogen) atoms. The van der Waals surface area contributed by atoms with Crippen LogP contribution in [0.2, 0.25) is 0 Å². The maximum absolute atomic E-state index is 12.9. The number of aromatic nitrogens is 1. The van der Waals surface area contributed by atoms with Crippen LogP contribution >= 0.6 is 0 Å². The summed E-state index contributed by atoms with van der Waals surface area (Å²) in [6, 6.07) is 11.5. The lowest BCUT2D eigenvalue weighted by molar-refractivity contribution is -0.142. The van der Waals surface area contributed by atoms with E-state index < -0.39 is 6.04 Å². The van der Waals surface area contributed by atoms with Crippen molar-refractivity contribution >= 4 is 17.5 Å². The van der Waals surface area contributed by atoms with E-state index in [0.717, 1.165) is 23.4 Å². The third kappa shape index (κ3) is 4.02. The van der Waals surface area contributed by atoms with Crippen molar-refractivity contribution in [2.45, 2.75) is 57.5 Å². The van der Waals surface area contributed by atoms with Crippen LogP contribution in [0.25, 0.3) is 0 Å². The highest BCUT2D eigenvalue weighted by atomic mass is 16.2. The average Bonchev–Trinajstić information content (AvgIpc) is 3.51. The van der Waals surface area contributed by atoms with E-state index in [4.69, 9.17) is 0 Å². The van der Waals surface area contributed by atoms with Gasteiger partial charge in [-0.15, -0.1) is 0 Å². The number of likely N-dealkylation sites (tertiary alicyclic amines) is 1. The molecule has 1 aromatic carbocycles. The van der Waals surface area contributed by atoms with Gasteiger partial charge in [0.05, 0.1) is 12.2 Å². The van der Waals surface area contributed by atoms with Gasteiger partial charge in [0, 0.05) is 18.3 Å². The molecule has 4 rings (SSSR count).